The summed E-state index contributed by atoms with van der Waals surface area (Å²) in [6.45, 7) is 9.02. The quantitative estimate of drug-likeness (QED) is 0.686. The van der Waals surface area contributed by atoms with Gasteiger partial charge in [-0.25, -0.2) is 9.97 Å². The lowest BCUT2D eigenvalue weighted by Crippen LogP contribution is -2.51. The van der Waals surface area contributed by atoms with Gasteiger partial charge in [0, 0.05) is 49.0 Å². The molecule has 1 saturated heterocycles. The third-order valence-electron chi connectivity index (χ3n) is 6.75. The van der Waals surface area contributed by atoms with E-state index in [1.807, 2.05) is 29.2 Å². The van der Waals surface area contributed by atoms with Gasteiger partial charge in [0.15, 0.2) is 0 Å². The highest BCUT2D eigenvalue weighted by molar-refractivity contribution is 6.30. The zero-order valence-corrected chi connectivity index (χ0v) is 19.5. The van der Waals surface area contributed by atoms with Crippen molar-refractivity contribution in [2.75, 3.05) is 51.2 Å². The lowest BCUT2D eigenvalue weighted by molar-refractivity contribution is -0.133. The van der Waals surface area contributed by atoms with E-state index in [1.54, 1.807) is 6.33 Å². The van der Waals surface area contributed by atoms with E-state index in [-0.39, 0.29) is 11.8 Å². The molecule has 1 aromatic heterocycles. The van der Waals surface area contributed by atoms with E-state index in [0.29, 0.717) is 30.6 Å². The number of carbonyl (C=O) groups is 1. The molecule has 0 bridgehead atoms. The molecule has 2 aliphatic rings. The lowest BCUT2D eigenvalue weighted by atomic mass is 9.96. The van der Waals surface area contributed by atoms with E-state index in [2.05, 4.69) is 40.7 Å². The summed E-state index contributed by atoms with van der Waals surface area (Å²) in [7, 11) is 2.06. The zero-order valence-electron chi connectivity index (χ0n) is 18.7. The van der Waals surface area contributed by atoms with E-state index in [9.17, 15) is 4.79 Å². The molecule has 2 aromatic rings. The largest absolute Gasteiger partial charge is 0.353 e. The van der Waals surface area contributed by atoms with E-state index < -0.39 is 0 Å². The number of rotatable bonds is 6. The summed E-state index contributed by atoms with van der Waals surface area (Å²) in [5.74, 6) is 1.59. The van der Waals surface area contributed by atoms with Crippen molar-refractivity contribution in [3.63, 3.8) is 0 Å². The third kappa shape index (κ3) is 4.70. The summed E-state index contributed by atoms with van der Waals surface area (Å²) >= 11 is 6.08. The van der Waals surface area contributed by atoms with Gasteiger partial charge < -0.3 is 14.7 Å². The molecular weight excluding hydrogens is 410 g/mol. The average molecular weight is 442 g/mol. The molecule has 166 valence electrons. The number of aromatic nitrogens is 2. The first-order valence-corrected chi connectivity index (χ1v) is 11.7. The van der Waals surface area contributed by atoms with Crippen molar-refractivity contribution in [2.45, 2.75) is 38.5 Å². The zero-order chi connectivity index (χ0) is 22.0. The Bertz CT molecular complexity index is 911. The monoisotopic (exact) mass is 441 g/mol. The van der Waals surface area contributed by atoms with Crippen LogP contribution < -0.4 is 4.90 Å². The van der Waals surface area contributed by atoms with Crippen molar-refractivity contribution in [1.82, 2.24) is 19.8 Å². The summed E-state index contributed by atoms with van der Waals surface area (Å²) in [6, 6.07) is 7.71. The Morgan fingerprint density at radius 3 is 2.58 bits per heavy atom. The smallest absolute Gasteiger partial charge is 0.231 e. The molecule has 4 rings (SSSR count). The lowest BCUT2D eigenvalue weighted by Gasteiger charge is -2.38. The van der Waals surface area contributed by atoms with Gasteiger partial charge in [0.05, 0.1) is 5.92 Å². The molecule has 7 heteroatoms. The van der Waals surface area contributed by atoms with E-state index in [1.165, 1.54) is 11.3 Å². The number of nitrogens with zero attached hydrogens (tertiary/aromatic N) is 5. The standard InChI is InChI=1S/C24H32ClN5O/c1-4-28(3)15-20(18-6-8-19(25)9-7-18)24(31)30-13-11-29(12-14-30)23-22-17(2)5-10-21(22)26-16-27-23/h6-9,16-17,20H,4-5,10-15H2,1-3H3. The van der Waals surface area contributed by atoms with Crippen LogP contribution in [0.5, 0.6) is 0 Å². The molecule has 0 N–H and O–H groups in total. The maximum atomic E-state index is 13.5. The Morgan fingerprint density at radius 2 is 1.90 bits per heavy atom. The molecule has 2 heterocycles. The van der Waals surface area contributed by atoms with Gasteiger partial charge in [-0.05, 0) is 50.0 Å². The molecule has 1 aliphatic carbocycles. The average Bonchev–Trinajstić information content (AvgIpc) is 3.18. The van der Waals surface area contributed by atoms with Crippen LogP contribution >= 0.6 is 11.6 Å². The maximum Gasteiger partial charge on any atom is 0.231 e. The molecule has 1 amide bonds. The van der Waals surface area contributed by atoms with Crippen LogP contribution in [0.2, 0.25) is 5.02 Å². The number of anilines is 1. The summed E-state index contributed by atoms with van der Waals surface area (Å²) < 4.78 is 0. The number of aryl methyl sites for hydroxylation is 1. The van der Waals surface area contributed by atoms with Crippen molar-refractivity contribution in [2.24, 2.45) is 0 Å². The van der Waals surface area contributed by atoms with E-state index in [4.69, 9.17) is 11.6 Å². The van der Waals surface area contributed by atoms with Crippen molar-refractivity contribution in [3.05, 3.63) is 52.4 Å². The Labute approximate surface area is 190 Å². The van der Waals surface area contributed by atoms with E-state index >= 15 is 0 Å². The number of fused-ring (bicyclic) bond motifs is 1. The first-order valence-electron chi connectivity index (χ1n) is 11.3. The van der Waals surface area contributed by atoms with Crippen molar-refractivity contribution in [1.29, 1.82) is 0 Å². The second-order valence-corrected chi connectivity index (χ2v) is 9.21. The van der Waals surface area contributed by atoms with Crippen molar-refractivity contribution >= 4 is 23.3 Å². The van der Waals surface area contributed by atoms with Crippen molar-refractivity contribution in [3.8, 4) is 0 Å². The number of amides is 1. The highest BCUT2D eigenvalue weighted by atomic mass is 35.5. The maximum absolute atomic E-state index is 13.5. The fourth-order valence-electron chi connectivity index (χ4n) is 4.70. The predicted molar refractivity (Wildman–Crippen MR) is 125 cm³/mol. The van der Waals surface area contributed by atoms with Gasteiger partial charge in [0.2, 0.25) is 5.91 Å². The normalized spacial score (nSPS) is 19.6. The van der Waals surface area contributed by atoms with Crippen LogP contribution in [0.3, 0.4) is 0 Å². The SMILES string of the molecule is CCN(C)CC(C(=O)N1CCN(c2ncnc3c2C(C)CC3)CC1)c1ccc(Cl)cc1. The molecule has 0 saturated carbocycles. The predicted octanol–water partition coefficient (Wildman–Crippen LogP) is 3.56. The van der Waals surface area contributed by atoms with Crippen molar-refractivity contribution < 1.29 is 4.79 Å². The molecule has 0 spiro atoms. The minimum Gasteiger partial charge on any atom is -0.353 e. The van der Waals surface area contributed by atoms with E-state index in [0.717, 1.165) is 43.9 Å². The van der Waals surface area contributed by atoms with Gasteiger partial charge >= 0.3 is 0 Å². The number of halogens is 1. The first-order chi connectivity index (χ1) is 15.0. The third-order valence-corrected chi connectivity index (χ3v) is 7.00. The first kappa shape index (κ1) is 22.0. The number of hydrogen-bond donors (Lipinski definition) is 0. The fourth-order valence-corrected chi connectivity index (χ4v) is 4.82. The molecular formula is C24H32ClN5O. The number of carbonyl (C=O) groups excluding carboxylic acids is 1. The number of hydrogen-bond acceptors (Lipinski definition) is 5. The highest BCUT2D eigenvalue weighted by Gasteiger charge is 2.32. The number of piperazine rings is 1. The Hall–Kier alpha value is -2.18. The molecule has 2 atom stereocenters. The van der Waals surface area contributed by atoms with Crippen LogP contribution in [0.25, 0.3) is 0 Å². The van der Waals surface area contributed by atoms with Crippen LogP contribution in [-0.4, -0.2) is 72.0 Å². The molecule has 2 unspecified atom stereocenters. The van der Waals surface area contributed by atoms with Crippen LogP contribution in [0, 0.1) is 0 Å². The van der Waals surface area contributed by atoms with Gasteiger partial charge in [-0.15, -0.1) is 0 Å². The van der Waals surface area contributed by atoms with Gasteiger partial charge in [-0.2, -0.15) is 0 Å². The second kappa shape index (κ2) is 9.53. The minimum atomic E-state index is -0.183. The van der Waals surface area contributed by atoms with Gasteiger partial charge in [0.25, 0.3) is 0 Å². The minimum absolute atomic E-state index is 0.183. The summed E-state index contributed by atoms with van der Waals surface area (Å²) in [4.78, 5) is 29.2. The van der Waals surface area contributed by atoms with Gasteiger partial charge in [-0.1, -0.05) is 37.6 Å². The Morgan fingerprint density at radius 1 is 1.19 bits per heavy atom. The molecule has 1 fully saturated rings. The molecule has 0 radical (unpaired) electrons. The highest BCUT2D eigenvalue weighted by Crippen LogP contribution is 2.37. The van der Waals surface area contributed by atoms with Crippen LogP contribution in [0.4, 0.5) is 5.82 Å². The summed E-state index contributed by atoms with van der Waals surface area (Å²) in [5, 5.41) is 0.694. The summed E-state index contributed by atoms with van der Waals surface area (Å²) in [6.07, 6.45) is 3.88. The number of benzene rings is 1. The number of likely N-dealkylation sites (N-methyl/N-ethyl adjacent to an activating group) is 1. The Kier molecular flexibility index (Phi) is 6.77. The molecule has 1 aliphatic heterocycles. The molecule has 31 heavy (non-hydrogen) atoms. The summed E-state index contributed by atoms with van der Waals surface area (Å²) in [5.41, 5.74) is 3.53. The fraction of sp³-hybridized carbons (Fsp3) is 0.542. The van der Waals surface area contributed by atoms with Crippen LogP contribution in [-0.2, 0) is 11.2 Å². The molecule has 1 aromatic carbocycles. The van der Waals surface area contributed by atoms with Gasteiger partial charge in [-0.3, -0.25) is 4.79 Å². The second-order valence-electron chi connectivity index (χ2n) is 8.77. The topological polar surface area (TPSA) is 52.6 Å². The van der Waals surface area contributed by atoms with Crippen LogP contribution in [0.15, 0.2) is 30.6 Å². The Balaban J connectivity index is 1.47. The van der Waals surface area contributed by atoms with Gasteiger partial charge in [0.1, 0.15) is 12.1 Å². The molecule has 6 nitrogen and oxygen atoms in total. The van der Waals surface area contributed by atoms with Crippen LogP contribution in [0.1, 0.15) is 48.9 Å².